The van der Waals surface area contributed by atoms with Gasteiger partial charge in [-0.05, 0) is 38.5 Å². The number of fused-ring (bicyclic) bond motifs is 1. The van der Waals surface area contributed by atoms with Gasteiger partial charge in [-0.15, -0.1) is 0 Å². The van der Waals surface area contributed by atoms with Crippen molar-refractivity contribution in [2.75, 3.05) is 0 Å². The van der Waals surface area contributed by atoms with Crippen molar-refractivity contribution in [1.82, 2.24) is 0 Å². The van der Waals surface area contributed by atoms with Crippen molar-refractivity contribution in [3.05, 3.63) is 46.6 Å². The van der Waals surface area contributed by atoms with E-state index in [9.17, 15) is 24.0 Å². The molecule has 0 saturated heterocycles. The summed E-state index contributed by atoms with van der Waals surface area (Å²) in [5.41, 5.74) is 0.510. The Bertz CT molecular complexity index is 1040. The summed E-state index contributed by atoms with van der Waals surface area (Å²) in [7, 11) is 0. The number of ether oxygens (including phenoxy) is 3. The van der Waals surface area contributed by atoms with Crippen molar-refractivity contribution in [3.8, 4) is 11.5 Å². The fourth-order valence-corrected chi connectivity index (χ4v) is 3.30. The zero-order valence-electron chi connectivity index (χ0n) is 19.5. The topological polar surface area (TPSA) is 113 Å². The number of ketones is 2. The van der Waals surface area contributed by atoms with E-state index in [-0.39, 0.29) is 41.0 Å². The summed E-state index contributed by atoms with van der Waals surface area (Å²) in [5.74, 6) is -3.40. The molecule has 8 heteroatoms. The number of unbranched alkanes of at least 4 members (excludes halogenated alkanes) is 1. The van der Waals surface area contributed by atoms with E-state index in [0.29, 0.717) is 6.42 Å². The van der Waals surface area contributed by atoms with Gasteiger partial charge in [0, 0.05) is 32.3 Å². The molecule has 1 aromatic carbocycles. The zero-order valence-corrected chi connectivity index (χ0v) is 19.5. The highest BCUT2D eigenvalue weighted by molar-refractivity contribution is 6.27. The zero-order chi connectivity index (χ0) is 24.7. The molecule has 0 N–H and O–H groups in total. The molecule has 0 radical (unpaired) electrons. The monoisotopic (exact) mass is 456 g/mol. The molecule has 0 bridgehead atoms. The second-order valence-electron chi connectivity index (χ2n) is 7.89. The van der Waals surface area contributed by atoms with Gasteiger partial charge in [0.1, 0.15) is 17.6 Å². The molecule has 1 aromatic rings. The molecule has 0 aliphatic heterocycles. The van der Waals surface area contributed by atoms with Gasteiger partial charge in [-0.2, -0.15) is 0 Å². The van der Waals surface area contributed by atoms with Crippen LogP contribution in [0.15, 0.2) is 35.4 Å². The first kappa shape index (κ1) is 25.7. The van der Waals surface area contributed by atoms with Crippen LogP contribution < -0.4 is 9.47 Å². The summed E-state index contributed by atoms with van der Waals surface area (Å²) in [6.07, 6.45) is 3.68. The largest absolute Gasteiger partial charge is 0.457 e. The van der Waals surface area contributed by atoms with Crippen molar-refractivity contribution in [1.29, 1.82) is 0 Å². The molecule has 176 valence electrons. The summed E-state index contributed by atoms with van der Waals surface area (Å²) in [6, 6.07) is 2.57. The summed E-state index contributed by atoms with van der Waals surface area (Å²) < 4.78 is 15.8. The number of carbonyl (C=O) groups is 5. The van der Waals surface area contributed by atoms with Crippen LogP contribution in [0.3, 0.4) is 0 Å². The van der Waals surface area contributed by atoms with Crippen LogP contribution in [0, 0.1) is 0 Å². The van der Waals surface area contributed by atoms with Gasteiger partial charge in [0.05, 0.1) is 11.1 Å². The second kappa shape index (κ2) is 11.4. The van der Waals surface area contributed by atoms with E-state index in [1.54, 1.807) is 6.08 Å². The number of rotatable bonds is 9. The molecule has 0 spiro atoms. The number of allylic oxidation sites excluding steroid dienone is 2. The summed E-state index contributed by atoms with van der Waals surface area (Å²) in [5, 5.41) is 0. The molecular weight excluding hydrogens is 428 g/mol. The van der Waals surface area contributed by atoms with Crippen LogP contribution in [0.4, 0.5) is 0 Å². The smallest absolute Gasteiger partial charge is 0.308 e. The molecule has 0 amide bonds. The first-order valence-electron chi connectivity index (χ1n) is 10.7. The van der Waals surface area contributed by atoms with Gasteiger partial charge in [-0.25, -0.2) is 0 Å². The van der Waals surface area contributed by atoms with E-state index in [1.807, 2.05) is 20.8 Å². The lowest BCUT2D eigenvalue weighted by atomic mass is 9.85. The van der Waals surface area contributed by atoms with Gasteiger partial charge in [0.15, 0.2) is 11.6 Å². The fraction of sp³-hybridized carbons (Fsp3) is 0.400. The molecule has 2 rings (SSSR count). The van der Waals surface area contributed by atoms with Gasteiger partial charge in [-0.3, -0.25) is 24.0 Å². The normalized spacial score (nSPS) is 13.4. The molecule has 0 fully saturated rings. The van der Waals surface area contributed by atoms with Gasteiger partial charge in [0.2, 0.25) is 0 Å². The lowest BCUT2D eigenvalue weighted by Crippen LogP contribution is -2.30. The van der Waals surface area contributed by atoms with Gasteiger partial charge >= 0.3 is 17.9 Å². The molecule has 0 heterocycles. The number of esters is 3. The lowest BCUT2D eigenvalue weighted by Gasteiger charge is -2.24. The van der Waals surface area contributed by atoms with E-state index >= 15 is 0 Å². The average Bonchev–Trinajstić information content (AvgIpc) is 2.72. The number of benzene rings is 1. The third kappa shape index (κ3) is 6.71. The van der Waals surface area contributed by atoms with E-state index in [0.717, 1.165) is 31.9 Å². The molecule has 0 aromatic heterocycles. The number of carbonyl (C=O) groups excluding carboxylic acids is 5. The van der Waals surface area contributed by atoms with Gasteiger partial charge in [-0.1, -0.05) is 25.0 Å². The Morgan fingerprint density at radius 2 is 1.52 bits per heavy atom. The average molecular weight is 456 g/mol. The predicted octanol–water partition coefficient (Wildman–Crippen LogP) is 4.30. The Hall–Kier alpha value is -3.55. The van der Waals surface area contributed by atoms with Crippen LogP contribution in [-0.4, -0.2) is 35.6 Å². The van der Waals surface area contributed by atoms with E-state index < -0.39 is 35.6 Å². The maximum atomic E-state index is 13.5. The summed E-state index contributed by atoms with van der Waals surface area (Å²) >= 11 is 0. The van der Waals surface area contributed by atoms with Crippen molar-refractivity contribution in [2.45, 2.75) is 66.4 Å². The van der Waals surface area contributed by atoms with Gasteiger partial charge < -0.3 is 14.2 Å². The summed E-state index contributed by atoms with van der Waals surface area (Å²) in [6.45, 7) is 7.97. The van der Waals surface area contributed by atoms with Crippen molar-refractivity contribution >= 4 is 29.5 Å². The minimum absolute atomic E-state index is 0.0387. The quantitative estimate of drug-likeness (QED) is 0.307. The number of Topliss-reactive ketones (excluding diaryl/α,β-unsaturated/α-hetero) is 1. The number of hydrogen-bond acceptors (Lipinski definition) is 8. The lowest BCUT2D eigenvalue weighted by molar-refractivity contribution is -0.147. The first-order valence-corrected chi connectivity index (χ1v) is 10.7. The minimum atomic E-state index is -1.00. The molecular formula is C25H28O8. The molecule has 1 aliphatic rings. The Kier molecular flexibility index (Phi) is 8.85. The van der Waals surface area contributed by atoms with Crippen LogP contribution in [0.5, 0.6) is 11.5 Å². The standard InChI is InChI=1S/C25H28O8/c1-6-7-8-22(29)33-19(10-9-14(2)3)17-13-18(28)23-20(31-15(4)26)11-12-21(32-16(5)27)24(23)25(17)30/h9,11-13,19H,6-8,10H2,1-5H3. The molecule has 8 nitrogen and oxygen atoms in total. The van der Waals surface area contributed by atoms with Crippen molar-refractivity contribution < 1.29 is 38.2 Å². The Labute approximate surface area is 192 Å². The molecule has 1 atom stereocenters. The Balaban J connectivity index is 2.58. The second-order valence-corrected chi connectivity index (χ2v) is 7.89. The molecule has 1 aliphatic carbocycles. The highest BCUT2D eigenvalue weighted by atomic mass is 16.5. The van der Waals surface area contributed by atoms with Crippen LogP contribution in [-0.2, 0) is 19.1 Å². The third-order valence-electron chi connectivity index (χ3n) is 4.75. The van der Waals surface area contributed by atoms with Gasteiger partial charge in [0.25, 0.3) is 0 Å². The van der Waals surface area contributed by atoms with Crippen molar-refractivity contribution in [3.63, 3.8) is 0 Å². The fourth-order valence-electron chi connectivity index (χ4n) is 3.30. The molecule has 0 saturated carbocycles. The van der Waals surface area contributed by atoms with E-state index in [1.165, 1.54) is 12.1 Å². The number of hydrogen-bond donors (Lipinski definition) is 0. The van der Waals surface area contributed by atoms with Crippen LogP contribution in [0.2, 0.25) is 0 Å². The maximum absolute atomic E-state index is 13.5. The van der Waals surface area contributed by atoms with Crippen LogP contribution in [0.25, 0.3) is 0 Å². The van der Waals surface area contributed by atoms with Crippen LogP contribution >= 0.6 is 0 Å². The Morgan fingerprint density at radius 3 is 2.03 bits per heavy atom. The SMILES string of the molecule is CCCCC(=O)OC(CC=C(C)C)C1=CC(=O)c2c(OC(C)=O)ccc(OC(C)=O)c2C1=O. The Morgan fingerprint density at radius 1 is 0.939 bits per heavy atom. The summed E-state index contributed by atoms with van der Waals surface area (Å²) in [4.78, 5) is 62.0. The maximum Gasteiger partial charge on any atom is 0.308 e. The van der Waals surface area contributed by atoms with Crippen LogP contribution in [0.1, 0.15) is 81.0 Å². The highest BCUT2D eigenvalue weighted by Gasteiger charge is 2.37. The highest BCUT2D eigenvalue weighted by Crippen LogP contribution is 2.38. The first-order chi connectivity index (χ1) is 15.5. The minimum Gasteiger partial charge on any atom is -0.457 e. The van der Waals surface area contributed by atoms with Crippen molar-refractivity contribution in [2.24, 2.45) is 0 Å². The third-order valence-corrected chi connectivity index (χ3v) is 4.75. The predicted molar refractivity (Wildman–Crippen MR) is 119 cm³/mol. The van der Waals surface area contributed by atoms with E-state index in [4.69, 9.17) is 14.2 Å². The molecule has 1 unspecified atom stereocenters. The van der Waals surface area contributed by atoms with E-state index in [2.05, 4.69) is 0 Å². The molecule has 33 heavy (non-hydrogen) atoms.